The van der Waals surface area contributed by atoms with Crippen molar-refractivity contribution in [2.24, 2.45) is 7.05 Å². The number of nitrogens with zero attached hydrogens (tertiary/aromatic N) is 2. The molecule has 1 N–H and O–H groups in total. The highest BCUT2D eigenvalue weighted by molar-refractivity contribution is 9.10. The summed E-state index contributed by atoms with van der Waals surface area (Å²) in [6, 6.07) is 0. The van der Waals surface area contributed by atoms with Gasteiger partial charge in [-0.05, 0) is 55.7 Å². The molecule has 0 fully saturated rings. The number of hydrogen-bond donors (Lipinski definition) is 1. The van der Waals surface area contributed by atoms with Crippen LogP contribution in [0.5, 0.6) is 0 Å². The van der Waals surface area contributed by atoms with E-state index in [1.54, 1.807) is 0 Å². The predicted molar refractivity (Wildman–Crippen MR) is 80.9 cm³/mol. The van der Waals surface area contributed by atoms with Crippen LogP contribution in [0.2, 0.25) is 0 Å². The molecule has 0 spiro atoms. The van der Waals surface area contributed by atoms with Crippen molar-refractivity contribution in [2.45, 2.75) is 40.0 Å². The lowest BCUT2D eigenvalue weighted by Crippen LogP contribution is -2.15. The molecular weight excluding hydrogens is 290 g/mol. The molecule has 0 unspecified atom stereocenters. The molecule has 0 aromatic carbocycles. The Hall–Kier alpha value is -0.610. The molecule has 0 saturated heterocycles. The fraction of sp³-hybridized carbons (Fsp3) is 0.643. The van der Waals surface area contributed by atoms with Crippen molar-refractivity contribution in [1.82, 2.24) is 15.1 Å². The van der Waals surface area contributed by atoms with E-state index in [1.165, 1.54) is 17.7 Å². The second kappa shape index (κ2) is 7.74. The first-order valence-corrected chi connectivity index (χ1v) is 7.39. The fourth-order valence-electron chi connectivity index (χ4n) is 1.93. The Kier molecular flexibility index (Phi) is 6.65. The molecule has 1 aromatic rings. The summed E-state index contributed by atoms with van der Waals surface area (Å²) in [5.74, 6) is 0. The van der Waals surface area contributed by atoms with Crippen LogP contribution in [0.3, 0.4) is 0 Å². The zero-order valence-electron chi connectivity index (χ0n) is 11.9. The molecule has 4 heteroatoms. The van der Waals surface area contributed by atoms with Gasteiger partial charge in [0.05, 0.1) is 15.9 Å². The molecule has 0 amide bonds. The molecule has 0 aliphatic rings. The van der Waals surface area contributed by atoms with E-state index >= 15 is 0 Å². The number of rotatable bonds is 7. The summed E-state index contributed by atoms with van der Waals surface area (Å²) in [6.07, 6.45) is 5.58. The summed E-state index contributed by atoms with van der Waals surface area (Å²) in [5, 5.41) is 7.82. The van der Waals surface area contributed by atoms with Crippen molar-refractivity contribution in [3.05, 3.63) is 27.5 Å². The van der Waals surface area contributed by atoms with E-state index in [1.807, 2.05) is 18.7 Å². The molecule has 0 saturated carbocycles. The summed E-state index contributed by atoms with van der Waals surface area (Å²) in [4.78, 5) is 0. The highest BCUT2D eigenvalue weighted by Gasteiger charge is 2.10. The lowest BCUT2D eigenvalue weighted by Gasteiger charge is -2.04. The lowest BCUT2D eigenvalue weighted by atomic mass is 10.1. The zero-order chi connectivity index (χ0) is 13.5. The van der Waals surface area contributed by atoms with Gasteiger partial charge in [-0.15, -0.1) is 0 Å². The maximum Gasteiger partial charge on any atom is 0.0738 e. The maximum absolute atomic E-state index is 4.41. The SMILES string of the molecule is CCCNCCC=C(C)Cc1c(Br)c(C)nn1C. The molecular formula is C14H24BrN3. The van der Waals surface area contributed by atoms with Crippen molar-refractivity contribution in [3.8, 4) is 0 Å². The van der Waals surface area contributed by atoms with Crippen molar-refractivity contribution < 1.29 is 0 Å². The van der Waals surface area contributed by atoms with Crippen LogP contribution < -0.4 is 5.32 Å². The molecule has 0 bridgehead atoms. The van der Waals surface area contributed by atoms with E-state index in [0.29, 0.717) is 0 Å². The number of hydrogen-bond acceptors (Lipinski definition) is 2. The first-order valence-electron chi connectivity index (χ1n) is 6.60. The predicted octanol–water partition coefficient (Wildman–Crippen LogP) is 3.37. The van der Waals surface area contributed by atoms with E-state index < -0.39 is 0 Å². The van der Waals surface area contributed by atoms with E-state index in [2.05, 4.69) is 46.3 Å². The zero-order valence-corrected chi connectivity index (χ0v) is 13.5. The van der Waals surface area contributed by atoms with Gasteiger partial charge in [-0.1, -0.05) is 18.6 Å². The van der Waals surface area contributed by atoms with Crippen LogP contribution in [0.15, 0.2) is 16.1 Å². The first kappa shape index (κ1) is 15.4. The topological polar surface area (TPSA) is 29.9 Å². The van der Waals surface area contributed by atoms with Crippen LogP contribution in [-0.4, -0.2) is 22.9 Å². The highest BCUT2D eigenvalue weighted by Crippen LogP contribution is 2.22. The number of aryl methyl sites for hydroxylation is 2. The molecule has 1 heterocycles. The van der Waals surface area contributed by atoms with Gasteiger partial charge in [0.15, 0.2) is 0 Å². The maximum atomic E-state index is 4.41. The van der Waals surface area contributed by atoms with Crippen LogP contribution in [-0.2, 0) is 13.5 Å². The van der Waals surface area contributed by atoms with Gasteiger partial charge >= 0.3 is 0 Å². The standard InChI is InChI=1S/C14H24BrN3/c1-5-8-16-9-6-7-11(2)10-13-14(15)12(3)17-18(13)4/h7,16H,5-6,8-10H2,1-4H3. The van der Waals surface area contributed by atoms with Gasteiger partial charge in [0.25, 0.3) is 0 Å². The van der Waals surface area contributed by atoms with E-state index in [9.17, 15) is 0 Å². The smallest absolute Gasteiger partial charge is 0.0738 e. The first-order chi connectivity index (χ1) is 8.56. The minimum atomic E-state index is 0.964. The van der Waals surface area contributed by atoms with Crippen molar-refractivity contribution in [1.29, 1.82) is 0 Å². The van der Waals surface area contributed by atoms with Crippen molar-refractivity contribution >= 4 is 15.9 Å². The number of aromatic nitrogens is 2. The molecule has 3 nitrogen and oxygen atoms in total. The molecule has 18 heavy (non-hydrogen) atoms. The summed E-state index contributed by atoms with van der Waals surface area (Å²) in [7, 11) is 2.00. The third-order valence-electron chi connectivity index (χ3n) is 2.95. The van der Waals surface area contributed by atoms with Gasteiger partial charge in [-0.3, -0.25) is 4.68 Å². The summed E-state index contributed by atoms with van der Waals surface area (Å²) < 4.78 is 3.10. The Balaban J connectivity index is 2.48. The van der Waals surface area contributed by atoms with Gasteiger partial charge in [0.1, 0.15) is 0 Å². The Bertz CT molecular complexity index is 407. The minimum Gasteiger partial charge on any atom is -0.316 e. The molecule has 102 valence electrons. The van der Waals surface area contributed by atoms with Crippen molar-refractivity contribution in [2.75, 3.05) is 13.1 Å². The fourth-order valence-corrected chi connectivity index (χ4v) is 2.41. The minimum absolute atomic E-state index is 0.964. The molecule has 0 aliphatic heterocycles. The quantitative estimate of drug-likeness (QED) is 0.618. The van der Waals surface area contributed by atoms with E-state index in [-0.39, 0.29) is 0 Å². The van der Waals surface area contributed by atoms with E-state index in [0.717, 1.165) is 36.1 Å². The van der Waals surface area contributed by atoms with Crippen LogP contribution in [0.1, 0.15) is 38.1 Å². The third-order valence-corrected chi connectivity index (χ3v) is 3.98. The van der Waals surface area contributed by atoms with Gasteiger partial charge in [0.2, 0.25) is 0 Å². The summed E-state index contributed by atoms with van der Waals surface area (Å²) in [5.41, 5.74) is 3.71. The van der Waals surface area contributed by atoms with Gasteiger partial charge in [-0.25, -0.2) is 0 Å². The van der Waals surface area contributed by atoms with Crippen LogP contribution in [0, 0.1) is 6.92 Å². The molecule has 1 rings (SSSR count). The van der Waals surface area contributed by atoms with Crippen LogP contribution in [0.4, 0.5) is 0 Å². The lowest BCUT2D eigenvalue weighted by molar-refractivity contribution is 0.675. The third kappa shape index (κ3) is 4.58. The number of nitrogens with one attached hydrogen (secondary N) is 1. The van der Waals surface area contributed by atoms with Crippen LogP contribution >= 0.6 is 15.9 Å². The second-order valence-electron chi connectivity index (χ2n) is 4.74. The molecule has 0 radical (unpaired) electrons. The Morgan fingerprint density at radius 3 is 2.72 bits per heavy atom. The van der Waals surface area contributed by atoms with Crippen molar-refractivity contribution in [3.63, 3.8) is 0 Å². The largest absolute Gasteiger partial charge is 0.316 e. The van der Waals surface area contributed by atoms with Gasteiger partial charge in [-0.2, -0.15) is 5.10 Å². The normalized spacial score (nSPS) is 12.2. The average molecular weight is 314 g/mol. The van der Waals surface area contributed by atoms with Gasteiger partial charge < -0.3 is 5.32 Å². The monoisotopic (exact) mass is 313 g/mol. The average Bonchev–Trinajstić information content (AvgIpc) is 2.56. The van der Waals surface area contributed by atoms with E-state index in [4.69, 9.17) is 0 Å². The highest BCUT2D eigenvalue weighted by atomic mass is 79.9. The Morgan fingerprint density at radius 1 is 1.44 bits per heavy atom. The van der Waals surface area contributed by atoms with Crippen LogP contribution in [0.25, 0.3) is 0 Å². The Labute approximate surface area is 119 Å². The molecule has 0 atom stereocenters. The number of allylic oxidation sites excluding steroid dienone is 1. The summed E-state index contributed by atoms with van der Waals surface area (Å²) >= 11 is 3.61. The second-order valence-corrected chi connectivity index (χ2v) is 5.53. The molecule has 0 aliphatic carbocycles. The summed E-state index contributed by atoms with van der Waals surface area (Å²) in [6.45, 7) is 8.59. The number of halogens is 1. The van der Waals surface area contributed by atoms with Gasteiger partial charge in [0, 0.05) is 13.5 Å². The Morgan fingerprint density at radius 2 is 2.17 bits per heavy atom. The molecule has 1 aromatic heterocycles.